The van der Waals surface area contributed by atoms with E-state index in [9.17, 15) is 23.2 Å². The molecule has 0 aromatic heterocycles. The number of hydrogen-bond acceptors (Lipinski definition) is 3. The molecule has 28 heavy (non-hydrogen) atoms. The summed E-state index contributed by atoms with van der Waals surface area (Å²) >= 11 is 5.57. The van der Waals surface area contributed by atoms with Crippen LogP contribution in [0.15, 0.2) is 54.2 Å². The number of anilines is 1. The molecule has 0 atom stereocenters. The van der Waals surface area contributed by atoms with Crippen molar-refractivity contribution in [1.82, 2.24) is 4.90 Å². The summed E-state index contributed by atoms with van der Waals surface area (Å²) < 4.78 is 38.9. The van der Waals surface area contributed by atoms with Gasteiger partial charge < -0.3 is 10.2 Å². The maximum absolute atomic E-state index is 13.0. The molecule has 0 fully saturated rings. The Morgan fingerprint density at radius 1 is 1.21 bits per heavy atom. The first-order chi connectivity index (χ1) is 13.3. The average molecular weight is 406 g/mol. The second-order valence-corrected chi connectivity index (χ2v) is 6.70. The summed E-state index contributed by atoms with van der Waals surface area (Å²) in [7, 11) is 0. The third-order valence-corrected chi connectivity index (χ3v) is 4.70. The molecule has 0 aliphatic carbocycles. The van der Waals surface area contributed by atoms with E-state index >= 15 is 0 Å². The zero-order valence-corrected chi connectivity index (χ0v) is 15.3. The third kappa shape index (κ3) is 4.46. The fourth-order valence-electron chi connectivity index (χ4n) is 2.97. The highest BCUT2D eigenvalue weighted by molar-refractivity contribution is 6.31. The topological polar surface area (TPSA) is 56.1 Å². The smallest absolute Gasteiger partial charge is 0.371 e. The summed E-state index contributed by atoms with van der Waals surface area (Å²) in [5.41, 5.74) is 0.989. The van der Waals surface area contributed by atoms with Crippen LogP contribution in [0.2, 0.25) is 5.02 Å². The van der Waals surface area contributed by atoms with E-state index in [4.69, 9.17) is 11.6 Å². The average Bonchev–Trinajstić information content (AvgIpc) is 2.66. The van der Waals surface area contributed by atoms with Crippen molar-refractivity contribution in [2.75, 3.05) is 11.9 Å². The number of alkyl halides is 3. The molecule has 0 unspecified atom stereocenters. The SMILES string of the molecule is N#C/C(=C/N1CCc2ccccc2C1)C(=O)Nc1ccc(Cl)c(C(F)(F)F)c1. The minimum Gasteiger partial charge on any atom is -0.371 e. The van der Waals surface area contributed by atoms with Gasteiger partial charge in [-0.05, 0) is 35.7 Å². The lowest BCUT2D eigenvalue weighted by atomic mass is 10.0. The van der Waals surface area contributed by atoms with Gasteiger partial charge in [-0.2, -0.15) is 18.4 Å². The molecular formula is C20H15ClF3N3O. The van der Waals surface area contributed by atoms with E-state index in [2.05, 4.69) is 5.32 Å². The number of amides is 1. The van der Waals surface area contributed by atoms with Gasteiger partial charge in [0.05, 0.1) is 10.6 Å². The number of rotatable bonds is 3. The van der Waals surface area contributed by atoms with Crippen molar-refractivity contribution in [2.45, 2.75) is 19.1 Å². The normalized spacial score (nSPS) is 14.2. The lowest BCUT2D eigenvalue weighted by Gasteiger charge is -2.27. The van der Waals surface area contributed by atoms with Crippen LogP contribution in [0, 0.1) is 11.3 Å². The van der Waals surface area contributed by atoms with E-state index in [1.807, 2.05) is 35.2 Å². The van der Waals surface area contributed by atoms with Crippen LogP contribution >= 0.6 is 11.6 Å². The zero-order chi connectivity index (χ0) is 20.3. The Kier molecular flexibility index (Phi) is 5.61. The zero-order valence-electron chi connectivity index (χ0n) is 14.6. The Morgan fingerprint density at radius 2 is 1.93 bits per heavy atom. The Labute approximate surface area is 164 Å². The molecule has 8 heteroatoms. The Bertz CT molecular complexity index is 979. The number of nitriles is 1. The van der Waals surface area contributed by atoms with Gasteiger partial charge in [-0.3, -0.25) is 4.79 Å². The van der Waals surface area contributed by atoms with Gasteiger partial charge >= 0.3 is 6.18 Å². The molecule has 0 saturated heterocycles. The molecule has 3 rings (SSSR count). The minimum atomic E-state index is -4.65. The highest BCUT2D eigenvalue weighted by atomic mass is 35.5. The van der Waals surface area contributed by atoms with Crippen molar-refractivity contribution in [3.05, 3.63) is 76.0 Å². The fraction of sp³-hybridized carbons (Fsp3) is 0.200. The quantitative estimate of drug-likeness (QED) is 0.591. The largest absolute Gasteiger partial charge is 0.417 e. The van der Waals surface area contributed by atoms with E-state index in [1.54, 1.807) is 0 Å². The van der Waals surface area contributed by atoms with Crippen LogP contribution < -0.4 is 5.32 Å². The molecule has 2 aromatic rings. The first-order valence-electron chi connectivity index (χ1n) is 8.39. The number of carbonyl (C=O) groups excluding carboxylic acids is 1. The van der Waals surface area contributed by atoms with Crippen molar-refractivity contribution >= 4 is 23.2 Å². The number of fused-ring (bicyclic) bond motifs is 1. The van der Waals surface area contributed by atoms with Crippen molar-refractivity contribution in [3.8, 4) is 6.07 Å². The molecule has 1 N–H and O–H groups in total. The fourth-order valence-corrected chi connectivity index (χ4v) is 3.19. The van der Waals surface area contributed by atoms with Crippen LogP contribution in [0.25, 0.3) is 0 Å². The van der Waals surface area contributed by atoms with E-state index in [-0.39, 0.29) is 11.3 Å². The van der Waals surface area contributed by atoms with Crippen LogP contribution in [0.4, 0.5) is 18.9 Å². The van der Waals surface area contributed by atoms with Crippen molar-refractivity contribution in [1.29, 1.82) is 5.26 Å². The molecule has 1 aliphatic heterocycles. The highest BCUT2D eigenvalue weighted by Crippen LogP contribution is 2.36. The van der Waals surface area contributed by atoms with Gasteiger partial charge in [-0.25, -0.2) is 0 Å². The second-order valence-electron chi connectivity index (χ2n) is 6.29. The molecular weight excluding hydrogens is 391 g/mol. The molecule has 1 heterocycles. The summed E-state index contributed by atoms with van der Waals surface area (Å²) in [4.78, 5) is 14.2. The predicted molar refractivity (Wildman–Crippen MR) is 99.3 cm³/mol. The van der Waals surface area contributed by atoms with Crippen molar-refractivity contribution in [2.24, 2.45) is 0 Å². The van der Waals surface area contributed by atoms with Crippen LogP contribution in [0.1, 0.15) is 16.7 Å². The van der Waals surface area contributed by atoms with E-state index < -0.39 is 22.7 Å². The molecule has 144 valence electrons. The van der Waals surface area contributed by atoms with Crippen molar-refractivity contribution in [3.63, 3.8) is 0 Å². The number of hydrogen-bond donors (Lipinski definition) is 1. The number of halogens is 4. The third-order valence-electron chi connectivity index (χ3n) is 4.37. The van der Waals surface area contributed by atoms with E-state index in [0.29, 0.717) is 13.1 Å². The monoisotopic (exact) mass is 405 g/mol. The first-order valence-corrected chi connectivity index (χ1v) is 8.76. The molecule has 0 saturated carbocycles. The van der Waals surface area contributed by atoms with Gasteiger partial charge in [0.15, 0.2) is 0 Å². The molecule has 1 aliphatic rings. The molecule has 4 nitrogen and oxygen atoms in total. The molecule has 1 amide bonds. The maximum atomic E-state index is 13.0. The van der Waals surface area contributed by atoms with Crippen LogP contribution in [-0.2, 0) is 23.9 Å². The summed E-state index contributed by atoms with van der Waals surface area (Å²) in [5.74, 6) is -0.781. The minimum absolute atomic E-state index is 0.0909. The molecule has 2 aromatic carbocycles. The van der Waals surface area contributed by atoms with E-state index in [1.165, 1.54) is 17.8 Å². The predicted octanol–water partition coefficient (Wildman–Crippen LogP) is 4.76. The summed E-state index contributed by atoms with van der Waals surface area (Å²) in [6.45, 7) is 1.18. The molecule has 0 bridgehead atoms. The van der Waals surface area contributed by atoms with Gasteiger partial charge in [0.2, 0.25) is 0 Å². The van der Waals surface area contributed by atoms with Gasteiger partial charge in [-0.15, -0.1) is 0 Å². The second kappa shape index (κ2) is 7.95. The highest BCUT2D eigenvalue weighted by Gasteiger charge is 2.33. The maximum Gasteiger partial charge on any atom is 0.417 e. The lowest BCUT2D eigenvalue weighted by Crippen LogP contribution is -2.27. The van der Waals surface area contributed by atoms with Crippen LogP contribution in [0.3, 0.4) is 0 Å². The van der Waals surface area contributed by atoms with Gasteiger partial charge in [0, 0.05) is 25.0 Å². The number of nitrogens with one attached hydrogen (secondary N) is 1. The Hall–Kier alpha value is -2.98. The summed E-state index contributed by atoms with van der Waals surface area (Å²) in [6.07, 6.45) is -2.43. The standard InChI is InChI=1S/C20H15ClF3N3O/c21-18-6-5-16(9-17(18)20(22,23)24)26-19(28)15(10-25)12-27-8-7-13-3-1-2-4-14(13)11-27/h1-6,9,12H,7-8,11H2,(H,26,28)/b15-12-. The van der Waals surface area contributed by atoms with Crippen molar-refractivity contribution < 1.29 is 18.0 Å². The Morgan fingerprint density at radius 3 is 2.61 bits per heavy atom. The van der Waals surface area contributed by atoms with Crippen LogP contribution in [-0.4, -0.2) is 17.4 Å². The Balaban J connectivity index is 1.76. The summed E-state index contributed by atoms with van der Waals surface area (Å²) in [6, 6.07) is 12.7. The number of carbonyl (C=O) groups is 1. The number of benzene rings is 2. The number of nitrogens with zero attached hydrogens (tertiary/aromatic N) is 2. The first kappa shape index (κ1) is 19.8. The summed E-state index contributed by atoms with van der Waals surface area (Å²) in [5, 5.41) is 11.2. The van der Waals surface area contributed by atoms with Gasteiger partial charge in [0.25, 0.3) is 5.91 Å². The van der Waals surface area contributed by atoms with E-state index in [0.717, 1.165) is 24.1 Å². The van der Waals surface area contributed by atoms with Crippen LogP contribution in [0.5, 0.6) is 0 Å². The lowest BCUT2D eigenvalue weighted by molar-refractivity contribution is -0.137. The van der Waals surface area contributed by atoms with Gasteiger partial charge in [-0.1, -0.05) is 35.9 Å². The molecule has 0 radical (unpaired) electrons. The molecule has 0 spiro atoms. The van der Waals surface area contributed by atoms with Gasteiger partial charge in [0.1, 0.15) is 11.6 Å².